The summed E-state index contributed by atoms with van der Waals surface area (Å²) in [4.78, 5) is 9.72. The molecular weight excluding hydrogens is 236 g/mol. The Bertz CT molecular complexity index is 426. The number of aliphatic imine (C=N–C) groups is 2. The largest absolute Gasteiger partial charge is 0.397 e. The lowest BCUT2D eigenvalue weighted by Gasteiger charge is -2.19. The van der Waals surface area contributed by atoms with Gasteiger partial charge in [0.1, 0.15) is 5.69 Å². The van der Waals surface area contributed by atoms with E-state index in [2.05, 4.69) is 28.5 Å². The van der Waals surface area contributed by atoms with Crippen molar-refractivity contribution in [1.29, 1.82) is 0 Å². The van der Waals surface area contributed by atoms with Crippen LogP contribution in [0, 0.1) is 0 Å². The van der Waals surface area contributed by atoms with Gasteiger partial charge >= 0.3 is 0 Å². The van der Waals surface area contributed by atoms with Crippen molar-refractivity contribution in [3.8, 4) is 0 Å². The van der Waals surface area contributed by atoms with Gasteiger partial charge in [-0.3, -0.25) is 9.98 Å². The second-order valence-corrected chi connectivity index (χ2v) is 3.82. The molecule has 19 heavy (non-hydrogen) atoms. The topological polar surface area (TPSA) is 54.0 Å². The van der Waals surface area contributed by atoms with E-state index in [0.29, 0.717) is 5.69 Å². The van der Waals surface area contributed by atoms with Crippen LogP contribution in [-0.2, 0) is 0 Å². The molecule has 0 fully saturated rings. The second-order valence-electron chi connectivity index (χ2n) is 3.82. The number of hydrogen-bond acceptors (Lipinski definition) is 4. The highest BCUT2D eigenvalue weighted by atomic mass is 15.1. The highest BCUT2D eigenvalue weighted by molar-refractivity contribution is 5.80. The van der Waals surface area contributed by atoms with Crippen LogP contribution in [0.15, 0.2) is 40.3 Å². The van der Waals surface area contributed by atoms with Gasteiger partial charge in [-0.1, -0.05) is 12.1 Å². The number of allylic oxidation sites excluding steroid dienone is 2. The van der Waals surface area contributed by atoms with Crippen molar-refractivity contribution >= 4 is 30.0 Å². The molecule has 0 spiro atoms. The molecule has 1 aromatic rings. The number of nitrogens with two attached hydrogens (primary N) is 1. The van der Waals surface area contributed by atoms with E-state index in [0.717, 1.165) is 17.9 Å². The van der Waals surface area contributed by atoms with E-state index in [4.69, 9.17) is 5.73 Å². The van der Waals surface area contributed by atoms with Gasteiger partial charge in [-0.15, -0.1) is 0 Å². The molecule has 0 radical (unpaired) electrons. The van der Waals surface area contributed by atoms with E-state index in [1.165, 1.54) is 0 Å². The molecule has 0 unspecified atom stereocenters. The van der Waals surface area contributed by atoms with Crippen LogP contribution in [0.3, 0.4) is 0 Å². The third kappa shape index (κ3) is 5.86. The van der Waals surface area contributed by atoms with Gasteiger partial charge in [-0.05, 0) is 38.8 Å². The van der Waals surface area contributed by atoms with E-state index in [9.17, 15) is 0 Å². The minimum atomic E-state index is 0.674. The van der Waals surface area contributed by atoms with Crippen LogP contribution in [-0.4, -0.2) is 33.6 Å². The monoisotopic (exact) mass is 260 g/mol. The van der Waals surface area contributed by atoms with Gasteiger partial charge in [0.05, 0.1) is 11.4 Å². The third-order valence-electron chi connectivity index (χ3n) is 2.52. The molecule has 0 aliphatic carbocycles. The van der Waals surface area contributed by atoms with Gasteiger partial charge in [0, 0.05) is 26.9 Å². The predicted molar refractivity (Wildman–Crippen MR) is 88.2 cm³/mol. The standard InChI is InChI=1S/C10H15N3.C5H9N/c1-4-13(3)9-7-5-6-8(11)10(9)12-2;1-3-4-5-6-2/h5-7H,2,4,11H2,1,3H3;3-5H,1-2H3/b;4-3-,6-5?. The predicted octanol–water partition coefficient (Wildman–Crippen LogP) is 3.32. The van der Waals surface area contributed by atoms with E-state index < -0.39 is 0 Å². The van der Waals surface area contributed by atoms with E-state index in [1.54, 1.807) is 13.3 Å². The number of nitrogens with zero attached hydrogens (tertiary/aromatic N) is 3. The first-order valence-corrected chi connectivity index (χ1v) is 6.22. The Kier molecular flexibility index (Phi) is 8.79. The second kappa shape index (κ2) is 9.88. The Labute approximate surface area is 116 Å². The summed E-state index contributed by atoms with van der Waals surface area (Å²) >= 11 is 0. The minimum absolute atomic E-state index is 0.674. The van der Waals surface area contributed by atoms with Gasteiger partial charge in [-0.25, -0.2) is 0 Å². The molecule has 4 nitrogen and oxygen atoms in total. The Hall–Kier alpha value is -2.10. The third-order valence-corrected chi connectivity index (χ3v) is 2.52. The number of anilines is 2. The number of hydrogen-bond donors (Lipinski definition) is 1. The quantitative estimate of drug-likeness (QED) is 0.667. The van der Waals surface area contributed by atoms with E-state index >= 15 is 0 Å². The Morgan fingerprint density at radius 3 is 2.53 bits per heavy atom. The van der Waals surface area contributed by atoms with Crippen molar-refractivity contribution in [2.75, 3.05) is 31.3 Å². The fraction of sp³-hybridized carbons (Fsp3) is 0.333. The molecular formula is C15H24N4. The molecule has 1 rings (SSSR count). The van der Waals surface area contributed by atoms with E-state index in [-0.39, 0.29) is 0 Å². The van der Waals surface area contributed by atoms with Gasteiger partial charge < -0.3 is 10.6 Å². The maximum atomic E-state index is 5.76. The minimum Gasteiger partial charge on any atom is -0.397 e. The zero-order chi connectivity index (χ0) is 14.7. The molecule has 0 atom stereocenters. The fourth-order valence-corrected chi connectivity index (χ4v) is 1.37. The average Bonchev–Trinajstić information content (AvgIpc) is 2.44. The molecule has 1 aromatic carbocycles. The van der Waals surface area contributed by atoms with Gasteiger partial charge in [0.25, 0.3) is 0 Å². The highest BCUT2D eigenvalue weighted by Crippen LogP contribution is 2.32. The number of nitrogen functional groups attached to an aromatic ring is 1. The molecule has 0 amide bonds. The smallest absolute Gasteiger partial charge is 0.108 e. The summed E-state index contributed by atoms with van der Waals surface area (Å²) in [5, 5.41) is 0. The molecule has 2 N–H and O–H groups in total. The van der Waals surface area contributed by atoms with Crippen LogP contribution in [0.4, 0.5) is 17.1 Å². The van der Waals surface area contributed by atoms with Crippen LogP contribution in [0.2, 0.25) is 0 Å². The summed E-state index contributed by atoms with van der Waals surface area (Å²) < 4.78 is 0. The van der Waals surface area contributed by atoms with Gasteiger partial charge in [-0.2, -0.15) is 0 Å². The molecule has 0 bridgehead atoms. The molecule has 0 heterocycles. The van der Waals surface area contributed by atoms with Crippen LogP contribution < -0.4 is 10.6 Å². The normalized spacial score (nSPS) is 10.3. The van der Waals surface area contributed by atoms with E-state index in [1.807, 2.05) is 44.3 Å². The molecule has 0 saturated heterocycles. The SMILES string of the molecule is C/C=C\C=NC.C=Nc1c(N)cccc1N(C)CC. The average molecular weight is 260 g/mol. The molecule has 0 aromatic heterocycles. The summed E-state index contributed by atoms with van der Waals surface area (Å²) in [5.74, 6) is 0. The summed E-state index contributed by atoms with van der Waals surface area (Å²) in [6.07, 6.45) is 5.58. The summed E-state index contributed by atoms with van der Waals surface area (Å²) in [6, 6.07) is 5.74. The molecule has 4 heteroatoms. The summed E-state index contributed by atoms with van der Waals surface area (Å²) in [6.45, 7) is 8.47. The van der Waals surface area contributed by atoms with Crippen molar-refractivity contribution in [3.63, 3.8) is 0 Å². The van der Waals surface area contributed by atoms with Crippen LogP contribution >= 0.6 is 0 Å². The Morgan fingerprint density at radius 1 is 1.42 bits per heavy atom. The lowest BCUT2D eigenvalue weighted by Crippen LogP contribution is -2.16. The number of para-hydroxylation sites is 1. The van der Waals surface area contributed by atoms with Crippen LogP contribution in [0.1, 0.15) is 13.8 Å². The zero-order valence-electron chi connectivity index (χ0n) is 12.3. The van der Waals surface area contributed by atoms with Gasteiger partial charge in [0.2, 0.25) is 0 Å². The number of rotatable bonds is 4. The lowest BCUT2D eigenvalue weighted by molar-refractivity contribution is 0.968. The van der Waals surface area contributed by atoms with Gasteiger partial charge in [0.15, 0.2) is 0 Å². The van der Waals surface area contributed by atoms with Crippen molar-refractivity contribution in [2.24, 2.45) is 9.98 Å². The Morgan fingerprint density at radius 2 is 2.11 bits per heavy atom. The number of benzene rings is 1. The fourth-order valence-electron chi connectivity index (χ4n) is 1.37. The first-order chi connectivity index (χ1) is 9.12. The molecule has 0 aliphatic rings. The van der Waals surface area contributed by atoms with Crippen molar-refractivity contribution in [2.45, 2.75) is 13.8 Å². The highest BCUT2D eigenvalue weighted by Gasteiger charge is 2.06. The van der Waals surface area contributed by atoms with Crippen molar-refractivity contribution in [3.05, 3.63) is 30.4 Å². The summed E-state index contributed by atoms with van der Waals surface area (Å²) in [5.41, 5.74) is 8.23. The molecule has 0 saturated carbocycles. The first kappa shape index (κ1) is 16.9. The maximum Gasteiger partial charge on any atom is 0.108 e. The zero-order valence-corrected chi connectivity index (χ0v) is 12.3. The van der Waals surface area contributed by atoms with Crippen LogP contribution in [0.25, 0.3) is 0 Å². The maximum absolute atomic E-state index is 5.76. The Balaban J connectivity index is 0.000000459. The van der Waals surface area contributed by atoms with Crippen molar-refractivity contribution in [1.82, 2.24) is 0 Å². The lowest BCUT2D eigenvalue weighted by atomic mass is 10.2. The summed E-state index contributed by atoms with van der Waals surface area (Å²) in [7, 11) is 3.75. The molecule has 104 valence electrons. The van der Waals surface area contributed by atoms with Crippen LogP contribution in [0.5, 0.6) is 0 Å². The van der Waals surface area contributed by atoms with Crippen molar-refractivity contribution < 1.29 is 0 Å². The molecule has 0 aliphatic heterocycles. The first-order valence-electron chi connectivity index (χ1n) is 6.22.